The predicted molar refractivity (Wildman–Crippen MR) is 140 cm³/mol. The fraction of sp³-hybridized carbons (Fsp3) is 0.469. The van der Waals surface area contributed by atoms with E-state index in [0.717, 1.165) is 61.1 Å². The molecule has 2 aromatic rings. The van der Waals surface area contributed by atoms with Crippen molar-refractivity contribution in [1.82, 2.24) is 0 Å². The molecule has 0 N–H and O–H groups in total. The Bertz CT molecular complexity index is 1000. The first-order valence-electron chi connectivity index (χ1n) is 13.1. The third kappa shape index (κ3) is 8.76. The van der Waals surface area contributed by atoms with E-state index in [0.29, 0.717) is 5.75 Å². The largest absolute Gasteiger partial charge is 0.426 e. The summed E-state index contributed by atoms with van der Waals surface area (Å²) in [5.41, 5.74) is 2.87. The smallest absolute Gasteiger partial charge is 0.314 e. The topological polar surface area (TPSA) is 26.3 Å². The van der Waals surface area contributed by atoms with E-state index in [1.807, 2.05) is 48.5 Å². The third-order valence-corrected chi connectivity index (χ3v) is 6.56. The normalized spacial score (nSPS) is 17.1. The molecule has 178 valence electrons. The van der Waals surface area contributed by atoms with E-state index in [4.69, 9.17) is 4.74 Å². The molecule has 1 aliphatic carbocycles. The molecule has 2 nitrogen and oxygen atoms in total. The highest BCUT2D eigenvalue weighted by molar-refractivity contribution is 5.75. The van der Waals surface area contributed by atoms with E-state index < -0.39 is 0 Å². The average Bonchev–Trinajstić information content (AvgIpc) is 2.87. The van der Waals surface area contributed by atoms with Crippen molar-refractivity contribution in [2.24, 2.45) is 11.8 Å². The van der Waals surface area contributed by atoms with E-state index in [-0.39, 0.29) is 11.9 Å². The Hall–Kier alpha value is -2.97. The second kappa shape index (κ2) is 14.3. The van der Waals surface area contributed by atoms with E-state index in [1.165, 1.54) is 32.1 Å². The van der Waals surface area contributed by atoms with Crippen LogP contribution in [0.5, 0.6) is 5.75 Å². The summed E-state index contributed by atoms with van der Waals surface area (Å²) in [7, 11) is 0. The van der Waals surface area contributed by atoms with Crippen molar-refractivity contribution in [2.45, 2.75) is 84.5 Å². The molecule has 34 heavy (non-hydrogen) atoms. The summed E-state index contributed by atoms with van der Waals surface area (Å²) < 4.78 is 5.67. The van der Waals surface area contributed by atoms with Crippen molar-refractivity contribution in [3.63, 3.8) is 0 Å². The molecule has 0 unspecified atom stereocenters. The number of rotatable bonds is 8. The van der Waals surface area contributed by atoms with Gasteiger partial charge in [-0.15, -0.1) is 0 Å². The molecule has 2 heteroatoms. The molecular formula is C32H38O2. The standard InChI is InChI=1S/C32H38O2/c1-3-5-7-9-11-27-18-22-30(23-19-27)32(33)34-31-24-20-29(21-25-31)17-16-28-14-12-26(13-15-28)10-8-6-4-2/h12-15,20-21,24-25,27,30H,3-7,9,11,18-19,22-23H2,1-2H3. The van der Waals surface area contributed by atoms with Gasteiger partial charge in [0, 0.05) is 23.1 Å². The lowest BCUT2D eigenvalue weighted by atomic mass is 9.80. The molecule has 3 rings (SSSR count). The van der Waals surface area contributed by atoms with Gasteiger partial charge in [-0.1, -0.05) is 69.6 Å². The lowest BCUT2D eigenvalue weighted by Crippen LogP contribution is -2.25. The van der Waals surface area contributed by atoms with Crippen molar-refractivity contribution < 1.29 is 9.53 Å². The second-order valence-electron chi connectivity index (χ2n) is 9.39. The molecule has 1 fully saturated rings. The number of benzene rings is 2. The number of carbonyl (C=O) groups is 1. The number of hydrogen-bond donors (Lipinski definition) is 0. The van der Waals surface area contributed by atoms with Crippen LogP contribution in [0.2, 0.25) is 0 Å². The zero-order valence-corrected chi connectivity index (χ0v) is 20.9. The van der Waals surface area contributed by atoms with Crippen LogP contribution in [0.3, 0.4) is 0 Å². The summed E-state index contributed by atoms with van der Waals surface area (Å²) in [6.07, 6.45) is 12.9. The maximum atomic E-state index is 12.6. The van der Waals surface area contributed by atoms with Gasteiger partial charge in [-0.05, 0) is 86.6 Å². The van der Waals surface area contributed by atoms with Gasteiger partial charge in [-0.2, -0.15) is 0 Å². The monoisotopic (exact) mass is 454 g/mol. The van der Waals surface area contributed by atoms with Gasteiger partial charge < -0.3 is 4.74 Å². The Morgan fingerprint density at radius 3 is 1.94 bits per heavy atom. The number of ether oxygens (including phenoxy) is 1. The number of unbranched alkanes of at least 4 members (excludes halogenated alkanes) is 4. The maximum absolute atomic E-state index is 12.6. The fourth-order valence-corrected chi connectivity index (χ4v) is 4.42. The molecule has 1 aliphatic rings. The summed E-state index contributed by atoms with van der Waals surface area (Å²) in [6, 6.07) is 15.5. The Balaban J connectivity index is 1.45. The highest BCUT2D eigenvalue weighted by Gasteiger charge is 2.27. The summed E-state index contributed by atoms with van der Waals surface area (Å²) in [4.78, 5) is 12.6. The van der Waals surface area contributed by atoms with Crippen LogP contribution in [0, 0.1) is 35.5 Å². The minimum Gasteiger partial charge on any atom is -0.426 e. The fourth-order valence-electron chi connectivity index (χ4n) is 4.42. The van der Waals surface area contributed by atoms with Crippen LogP contribution in [0.15, 0.2) is 48.5 Å². The Labute approximate surface area is 206 Å². The Morgan fingerprint density at radius 1 is 0.765 bits per heavy atom. The lowest BCUT2D eigenvalue weighted by molar-refractivity contribution is -0.140. The van der Waals surface area contributed by atoms with Crippen LogP contribution < -0.4 is 4.74 Å². The summed E-state index contributed by atoms with van der Waals surface area (Å²) >= 11 is 0. The highest BCUT2D eigenvalue weighted by atomic mass is 16.5. The van der Waals surface area contributed by atoms with Crippen LogP contribution in [-0.2, 0) is 4.79 Å². The summed E-state index contributed by atoms with van der Waals surface area (Å²) in [6.45, 7) is 4.38. The first-order chi connectivity index (χ1) is 16.7. The lowest BCUT2D eigenvalue weighted by Gasteiger charge is -2.27. The van der Waals surface area contributed by atoms with Crippen molar-refractivity contribution in [3.8, 4) is 29.4 Å². The average molecular weight is 455 g/mol. The highest BCUT2D eigenvalue weighted by Crippen LogP contribution is 2.33. The number of hydrogen-bond acceptors (Lipinski definition) is 2. The van der Waals surface area contributed by atoms with Gasteiger partial charge >= 0.3 is 5.97 Å². The Kier molecular flexibility index (Phi) is 10.8. The molecule has 0 heterocycles. The molecule has 0 bridgehead atoms. The third-order valence-electron chi connectivity index (χ3n) is 6.56. The molecule has 0 aromatic heterocycles. The van der Waals surface area contributed by atoms with Gasteiger partial charge in [-0.3, -0.25) is 4.79 Å². The first kappa shape index (κ1) is 25.6. The molecule has 0 amide bonds. The van der Waals surface area contributed by atoms with Crippen molar-refractivity contribution in [2.75, 3.05) is 0 Å². The number of carbonyl (C=O) groups excluding carboxylic acids is 1. The molecule has 0 spiro atoms. The van der Waals surface area contributed by atoms with E-state index in [2.05, 4.69) is 37.5 Å². The molecule has 0 atom stereocenters. The van der Waals surface area contributed by atoms with Crippen LogP contribution in [0.1, 0.15) is 101 Å². The Morgan fingerprint density at radius 2 is 1.35 bits per heavy atom. The number of esters is 1. The summed E-state index contributed by atoms with van der Waals surface area (Å²) in [5.74, 6) is 14.1. The molecular weight excluding hydrogens is 416 g/mol. The van der Waals surface area contributed by atoms with Gasteiger partial charge in [0.15, 0.2) is 0 Å². The van der Waals surface area contributed by atoms with Gasteiger partial charge in [-0.25, -0.2) is 0 Å². The SMILES string of the molecule is CCCC#Cc1ccc(C#Cc2ccc(OC(=O)C3CCC(CCCCCC)CC3)cc2)cc1. The van der Waals surface area contributed by atoms with E-state index in [1.54, 1.807) is 0 Å². The predicted octanol–water partition coefficient (Wildman–Crippen LogP) is 7.92. The first-order valence-corrected chi connectivity index (χ1v) is 13.1. The second-order valence-corrected chi connectivity index (χ2v) is 9.39. The van der Waals surface area contributed by atoms with Crippen LogP contribution in [0.25, 0.3) is 0 Å². The van der Waals surface area contributed by atoms with Crippen molar-refractivity contribution >= 4 is 5.97 Å². The van der Waals surface area contributed by atoms with Crippen LogP contribution in [0.4, 0.5) is 0 Å². The maximum Gasteiger partial charge on any atom is 0.314 e. The van der Waals surface area contributed by atoms with E-state index in [9.17, 15) is 4.79 Å². The molecule has 0 saturated heterocycles. The molecule has 1 saturated carbocycles. The quantitative estimate of drug-likeness (QED) is 0.175. The minimum atomic E-state index is -0.0783. The van der Waals surface area contributed by atoms with Crippen LogP contribution >= 0.6 is 0 Å². The van der Waals surface area contributed by atoms with Crippen molar-refractivity contribution in [3.05, 3.63) is 65.2 Å². The molecule has 0 aliphatic heterocycles. The zero-order valence-electron chi connectivity index (χ0n) is 20.9. The molecule has 2 aromatic carbocycles. The molecule has 0 radical (unpaired) electrons. The van der Waals surface area contributed by atoms with Crippen LogP contribution in [-0.4, -0.2) is 5.97 Å². The minimum absolute atomic E-state index is 0.0426. The van der Waals surface area contributed by atoms with Gasteiger partial charge in [0.25, 0.3) is 0 Å². The van der Waals surface area contributed by atoms with Gasteiger partial charge in [0.05, 0.1) is 5.92 Å². The van der Waals surface area contributed by atoms with Gasteiger partial charge in [0.1, 0.15) is 5.75 Å². The zero-order chi connectivity index (χ0) is 24.0. The van der Waals surface area contributed by atoms with E-state index >= 15 is 0 Å². The summed E-state index contributed by atoms with van der Waals surface area (Å²) in [5, 5.41) is 0. The van der Waals surface area contributed by atoms with Gasteiger partial charge in [0.2, 0.25) is 0 Å². The van der Waals surface area contributed by atoms with Crippen molar-refractivity contribution in [1.29, 1.82) is 0 Å².